The van der Waals surface area contributed by atoms with Crippen molar-refractivity contribution in [2.24, 2.45) is 0 Å². The Labute approximate surface area is 183 Å². The second-order valence-corrected chi connectivity index (χ2v) is 8.02. The Bertz CT molecular complexity index is 1070. The molecule has 1 aromatic carbocycles. The minimum Gasteiger partial charge on any atom is -0.465 e. The predicted octanol–water partition coefficient (Wildman–Crippen LogP) is 4.07. The highest BCUT2D eigenvalue weighted by Gasteiger charge is 2.23. The molecule has 0 aliphatic carbocycles. The van der Waals surface area contributed by atoms with E-state index in [1.165, 1.54) is 18.4 Å². The van der Waals surface area contributed by atoms with Crippen LogP contribution in [0.5, 0.6) is 0 Å². The Hall–Kier alpha value is -2.52. The highest BCUT2D eigenvalue weighted by atomic mass is 35.5. The molecule has 1 amide bonds. The Kier molecular flexibility index (Phi) is 7.38. The molecule has 0 bridgehead atoms. The molecule has 0 fully saturated rings. The molecule has 2 heterocycles. The minimum atomic E-state index is -0.536. The summed E-state index contributed by atoms with van der Waals surface area (Å²) in [5.74, 6) is -0.944. The maximum absolute atomic E-state index is 12.8. The third-order valence-corrected chi connectivity index (χ3v) is 5.86. The van der Waals surface area contributed by atoms with Crippen LogP contribution in [0.4, 0.5) is 5.69 Å². The molecule has 9 heteroatoms. The fourth-order valence-electron chi connectivity index (χ4n) is 2.89. The number of methoxy groups -OCH3 is 2. The third kappa shape index (κ3) is 4.96. The van der Waals surface area contributed by atoms with E-state index in [-0.39, 0.29) is 4.88 Å². The van der Waals surface area contributed by atoms with Gasteiger partial charge in [-0.15, -0.1) is 11.3 Å². The second-order valence-electron chi connectivity index (χ2n) is 6.62. The lowest BCUT2D eigenvalue weighted by atomic mass is 10.2. The number of pyridine rings is 1. The molecule has 0 aliphatic rings. The van der Waals surface area contributed by atoms with Crippen molar-refractivity contribution in [3.8, 4) is 0 Å². The number of nitrogens with zero attached hydrogens (tertiary/aromatic N) is 2. The number of benzene rings is 1. The summed E-state index contributed by atoms with van der Waals surface area (Å²) in [7, 11) is 4.95. The summed E-state index contributed by atoms with van der Waals surface area (Å²) < 4.78 is 10.00. The summed E-state index contributed by atoms with van der Waals surface area (Å²) in [6, 6.07) is 10.5. The zero-order chi connectivity index (χ0) is 21.7. The number of hydrogen-bond acceptors (Lipinski definition) is 7. The first kappa shape index (κ1) is 22.2. The molecule has 158 valence electrons. The number of amides is 1. The first-order valence-electron chi connectivity index (χ1n) is 9.18. The second kappa shape index (κ2) is 9.99. The van der Waals surface area contributed by atoms with Crippen LogP contribution in [0, 0.1) is 0 Å². The van der Waals surface area contributed by atoms with E-state index in [0.717, 1.165) is 12.2 Å². The van der Waals surface area contributed by atoms with E-state index >= 15 is 0 Å². The summed E-state index contributed by atoms with van der Waals surface area (Å²) in [5.41, 5.74) is 1.54. The monoisotopic (exact) mass is 447 g/mol. The average molecular weight is 448 g/mol. The van der Waals surface area contributed by atoms with E-state index in [9.17, 15) is 9.59 Å². The van der Waals surface area contributed by atoms with Gasteiger partial charge in [0.05, 0.1) is 35.7 Å². The average Bonchev–Trinajstić information content (AvgIpc) is 3.09. The number of hydrogen-bond donors (Lipinski definition) is 1. The lowest BCUT2D eigenvalue weighted by Gasteiger charge is -2.15. The SMILES string of the molecule is COCCN(C)Cc1ccc2c(NC(=O)c3ccccc3Cl)c(C(=O)OC)sc2n1. The molecular formula is C21H22ClN3O4S. The quantitative estimate of drug-likeness (QED) is 0.524. The van der Waals surface area contributed by atoms with Crippen molar-refractivity contribution in [3.63, 3.8) is 0 Å². The molecule has 0 aliphatic heterocycles. The van der Waals surface area contributed by atoms with Crippen molar-refractivity contribution >= 4 is 50.7 Å². The number of halogens is 1. The predicted molar refractivity (Wildman–Crippen MR) is 119 cm³/mol. The smallest absolute Gasteiger partial charge is 0.350 e. The summed E-state index contributed by atoms with van der Waals surface area (Å²) >= 11 is 7.32. The number of nitrogens with one attached hydrogen (secondary N) is 1. The van der Waals surface area contributed by atoms with E-state index < -0.39 is 11.9 Å². The number of carbonyl (C=O) groups is 2. The standard InChI is InChI=1S/C21H22ClN3O4S/c1-25(10-11-28-2)12-13-8-9-15-17(18(21(27)29-3)30-20(15)23-13)24-19(26)14-6-4-5-7-16(14)22/h4-9H,10-12H2,1-3H3,(H,24,26). The van der Waals surface area contributed by atoms with E-state index in [1.807, 2.05) is 19.2 Å². The van der Waals surface area contributed by atoms with Crippen LogP contribution < -0.4 is 5.32 Å². The lowest BCUT2D eigenvalue weighted by Crippen LogP contribution is -2.22. The van der Waals surface area contributed by atoms with Crippen molar-refractivity contribution in [1.29, 1.82) is 0 Å². The van der Waals surface area contributed by atoms with Crippen LogP contribution in [0.25, 0.3) is 10.2 Å². The van der Waals surface area contributed by atoms with Crippen molar-refractivity contribution < 1.29 is 19.1 Å². The number of fused-ring (bicyclic) bond motifs is 1. The molecule has 7 nitrogen and oxygen atoms in total. The fourth-order valence-corrected chi connectivity index (χ4v) is 4.18. The van der Waals surface area contributed by atoms with Crippen LogP contribution in [-0.4, -0.2) is 56.2 Å². The fraction of sp³-hybridized carbons (Fsp3) is 0.286. The van der Waals surface area contributed by atoms with Gasteiger partial charge in [0.25, 0.3) is 5.91 Å². The number of rotatable bonds is 8. The summed E-state index contributed by atoms with van der Waals surface area (Å²) in [4.78, 5) is 32.8. The molecular weight excluding hydrogens is 426 g/mol. The van der Waals surface area contributed by atoms with Crippen LogP contribution in [-0.2, 0) is 16.0 Å². The number of aromatic nitrogens is 1. The molecule has 0 radical (unpaired) electrons. The van der Waals surface area contributed by atoms with Gasteiger partial charge in [-0.3, -0.25) is 9.69 Å². The van der Waals surface area contributed by atoms with Crippen LogP contribution >= 0.6 is 22.9 Å². The van der Waals surface area contributed by atoms with Gasteiger partial charge >= 0.3 is 5.97 Å². The Morgan fingerprint density at radius 2 is 1.97 bits per heavy atom. The van der Waals surface area contributed by atoms with E-state index in [1.54, 1.807) is 31.4 Å². The van der Waals surface area contributed by atoms with Gasteiger partial charge in [0.2, 0.25) is 0 Å². The largest absolute Gasteiger partial charge is 0.465 e. The highest BCUT2D eigenvalue weighted by Crippen LogP contribution is 2.36. The zero-order valence-corrected chi connectivity index (χ0v) is 18.5. The molecule has 0 unspecified atom stereocenters. The van der Waals surface area contributed by atoms with Crippen molar-refractivity contribution in [3.05, 3.63) is 57.6 Å². The summed E-state index contributed by atoms with van der Waals surface area (Å²) in [5, 5.41) is 3.81. The van der Waals surface area contributed by atoms with Gasteiger partial charge in [-0.25, -0.2) is 9.78 Å². The van der Waals surface area contributed by atoms with Gasteiger partial charge in [-0.2, -0.15) is 0 Å². The number of thiophene rings is 1. The Balaban J connectivity index is 1.95. The maximum atomic E-state index is 12.8. The Morgan fingerprint density at radius 1 is 1.20 bits per heavy atom. The van der Waals surface area contributed by atoms with Crippen molar-refractivity contribution in [2.45, 2.75) is 6.54 Å². The van der Waals surface area contributed by atoms with E-state index in [4.69, 9.17) is 21.1 Å². The van der Waals surface area contributed by atoms with Crippen LogP contribution in [0.3, 0.4) is 0 Å². The van der Waals surface area contributed by atoms with Crippen LogP contribution in [0.2, 0.25) is 5.02 Å². The molecule has 30 heavy (non-hydrogen) atoms. The van der Waals surface area contributed by atoms with Gasteiger partial charge < -0.3 is 14.8 Å². The summed E-state index contributed by atoms with van der Waals surface area (Å²) in [6.07, 6.45) is 0. The van der Waals surface area contributed by atoms with Gasteiger partial charge in [-0.1, -0.05) is 23.7 Å². The lowest BCUT2D eigenvalue weighted by molar-refractivity contribution is 0.0607. The van der Waals surface area contributed by atoms with Gasteiger partial charge in [0, 0.05) is 25.6 Å². The molecule has 0 spiro atoms. The number of ether oxygens (including phenoxy) is 2. The van der Waals surface area contributed by atoms with E-state index in [0.29, 0.717) is 39.6 Å². The number of carbonyl (C=O) groups excluding carboxylic acids is 2. The van der Waals surface area contributed by atoms with Crippen LogP contribution in [0.15, 0.2) is 36.4 Å². The van der Waals surface area contributed by atoms with E-state index in [2.05, 4.69) is 15.2 Å². The molecule has 2 aromatic heterocycles. The summed E-state index contributed by atoms with van der Waals surface area (Å²) in [6.45, 7) is 2.03. The zero-order valence-electron chi connectivity index (χ0n) is 16.9. The van der Waals surface area contributed by atoms with Crippen LogP contribution in [0.1, 0.15) is 25.7 Å². The minimum absolute atomic E-state index is 0.283. The number of anilines is 1. The third-order valence-electron chi connectivity index (χ3n) is 4.45. The van der Waals surface area contributed by atoms with Gasteiger partial charge in [-0.05, 0) is 31.3 Å². The molecule has 0 saturated heterocycles. The molecule has 3 rings (SSSR count). The maximum Gasteiger partial charge on any atom is 0.350 e. The highest BCUT2D eigenvalue weighted by molar-refractivity contribution is 7.21. The number of likely N-dealkylation sites (N-methyl/N-ethyl adjacent to an activating group) is 1. The number of esters is 1. The first-order chi connectivity index (χ1) is 14.4. The first-order valence-corrected chi connectivity index (χ1v) is 10.4. The molecule has 3 aromatic rings. The van der Waals surface area contributed by atoms with Crippen molar-refractivity contribution in [1.82, 2.24) is 9.88 Å². The normalized spacial score (nSPS) is 11.1. The topological polar surface area (TPSA) is 80.8 Å². The molecule has 1 N–H and O–H groups in total. The van der Waals surface area contributed by atoms with Crippen molar-refractivity contribution in [2.75, 3.05) is 39.7 Å². The Morgan fingerprint density at radius 3 is 2.67 bits per heavy atom. The molecule has 0 saturated carbocycles. The van der Waals surface area contributed by atoms with Gasteiger partial charge in [0.15, 0.2) is 0 Å². The van der Waals surface area contributed by atoms with Gasteiger partial charge in [0.1, 0.15) is 9.71 Å². The molecule has 0 atom stereocenters.